The minimum absolute atomic E-state index is 0.144. The molecule has 0 atom stereocenters. The van der Waals surface area contributed by atoms with Crippen LogP contribution in [0.15, 0.2) is 0 Å². The Morgan fingerprint density at radius 1 is 0.920 bits per heavy atom. The van der Waals surface area contributed by atoms with Gasteiger partial charge in [0.25, 0.3) is 10.0 Å². The van der Waals surface area contributed by atoms with E-state index in [0.717, 1.165) is 0 Å². The van der Waals surface area contributed by atoms with Crippen molar-refractivity contribution in [2.75, 3.05) is 19.8 Å². The Hall–Kier alpha value is -0.570. The summed E-state index contributed by atoms with van der Waals surface area (Å²) in [7, 11) is -11.3. The maximum atomic E-state index is 13.4. The molecular formula is C8H11F9NO5PS. The highest BCUT2D eigenvalue weighted by atomic mass is 32.2. The van der Waals surface area contributed by atoms with Crippen LogP contribution >= 0.6 is 7.60 Å². The lowest BCUT2D eigenvalue weighted by atomic mass is 10.1. The van der Waals surface area contributed by atoms with Crippen LogP contribution < -0.4 is 0 Å². The van der Waals surface area contributed by atoms with Crippen LogP contribution in [0.25, 0.3) is 0 Å². The average Bonchev–Trinajstić information content (AvgIpc) is 2.34. The van der Waals surface area contributed by atoms with E-state index < -0.39 is 64.3 Å². The van der Waals surface area contributed by atoms with Gasteiger partial charge in [-0.15, -0.1) is 0 Å². The Balaban J connectivity index is 5.70. The quantitative estimate of drug-likeness (QED) is 0.451. The van der Waals surface area contributed by atoms with Crippen molar-refractivity contribution in [3.63, 3.8) is 0 Å². The van der Waals surface area contributed by atoms with Crippen LogP contribution in [-0.4, -0.2) is 65.5 Å². The van der Waals surface area contributed by atoms with Crippen molar-refractivity contribution in [1.82, 2.24) is 4.31 Å². The van der Waals surface area contributed by atoms with Gasteiger partial charge in [-0.2, -0.15) is 43.8 Å². The third-order valence-corrected chi connectivity index (χ3v) is 5.58. The zero-order valence-corrected chi connectivity index (χ0v) is 13.7. The Labute approximate surface area is 134 Å². The molecule has 0 aliphatic heterocycles. The van der Waals surface area contributed by atoms with Crippen molar-refractivity contribution < 1.29 is 62.3 Å². The van der Waals surface area contributed by atoms with Crippen LogP contribution in [0, 0.1) is 0 Å². The molecule has 0 heterocycles. The Bertz CT molecular complexity index is 628. The molecule has 0 spiro atoms. The van der Waals surface area contributed by atoms with Crippen LogP contribution in [0.1, 0.15) is 6.42 Å². The first-order chi connectivity index (χ1) is 10.6. The minimum Gasteiger partial charge on any atom is -0.324 e. The molecule has 0 amide bonds. The SMILES string of the molecule is CN(CCCP(=O)(O)O)S(=O)(=O)C(F)(F)C(F)(F)C(F)(F)C(F)(F)F. The molecule has 152 valence electrons. The van der Waals surface area contributed by atoms with Crippen molar-refractivity contribution in [2.45, 2.75) is 29.7 Å². The molecule has 6 nitrogen and oxygen atoms in total. The van der Waals surface area contributed by atoms with E-state index in [0.29, 0.717) is 0 Å². The third-order valence-electron chi connectivity index (χ3n) is 2.77. The van der Waals surface area contributed by atoms with Gasteiger partial charge in [0.2, 0.25) is 0 Å². The van der Waals surface area contributed by atoms with Crippen LogP contribution in [0.2, 0.25) is 0 Å². The number of hydrogen-bond donors (Lipinski definition) is 2. The largest absolute Gasteiger partial charge is 0.460 e. The molecule has 0 aromatic heterocycles. The predicted octanol–water partition coefficient (Wildman–Crippen LogP) is 2.24. The second-order valence-electron chi connectivity index (χ2n) is 4.73. The standard InChI is InChI=1S/C8H11F9NO5PS/c1-18(3-2-4-24(19,20)21)25(22,23)8(16,17)6(11,12)5(9,10)7(13,14)15/h2-4H2,1H3,(H2,19,20,21). The van der Waals surface area contributed by atoms with Crippen molar-refractivity contribution in [2.24, 2.45) is 0 Å². The molecule has 0 aromatic carbocycles. The normalized spacial score (nSPS) is 15.7. The summed E-state index contributed by atoms with van der Waals surface area (Å²) in [5, 5.41) is -6.87. The first-order valence-corrected chi connectivity index (χ1v) is 9.07. The van der Waals surface area contributed by atoms with Crippen molar-refractivity contribution in [1.29, 1.82) is 0 Å². The van der Waals surface area contributed by atoms with Crippen LogP contribution in [0.3, 0.4) is 0 Å². The van der Waals surface area contributed by atoms with E-state index in [4.69, 9.17) is 9.79 Å². The molecule has 25 heavy (non-hydrogen) atoms. The molecule has 0 fully saturated rings. The van der Waals surface area contributed by atoms with Gasteiger partial charge in [0.15, 0.2) is 0 Å². The molecule has 0 aliphatic rings. The van der Waals surface area contributed by atoms with Gasteiger partial charge in [-0.25, -0.2) is 8.42 Å². The minimum atomic E-state index is -7.37. The number of alkyl halides is 9. The van der Waals surface area contributed by atoms with Crippen LogP contribution in [-0.2, 0) is 14.6 Å². The second-order valence-corrected chi connectivity index (χ2v) is 8.59. The third kappa shape index (κ3) is 4.59. The topological polar surface area (TPSA) is 94.9 Å². The molecule has 0 bridgehead atoms. The summed E-state index contributed by atoms with van der Waals surface area (Å²) >= 11 is 0. The summed E-state index contributed by atoms with van der Waals surface area (Å²) in [6.45, 7) is -1.25. The molecule has 0 aliphatic carbocycles. The molecule has 0 unspecified atom stereocenters. The Morgan fingerprint density at radius 3 is 1.64 bits per heavy atom. The van der Waals surface area contributed by atoms with E-state index in [1.807, 2.05) is 0 Å². The highest BCUT2D eigenvalue weighted by Gasteiger charge is 2.85. The number of nitrogens with zero attached hydrogens (tertiary/aromatic N) is 1. The first kappa shape index (κ1) is 24.4. The van der Waals surface area contributed by atoms with Crippen molar-refractivity contribution in [3.05, 3.63) is 0 Å². The number of hydrogen-bond acceptors (Lipinski definition) is 3. The van der Waals surface area contributed by atoms with E-state index >= 15 is 0 Å². The average molecular weight is 435 g/mol. The van der Waals surface area contributed by atoms with Crippen LogP contribution in [0.5, 0.6) is 0 Å². The van der Waals surface area contributed by atoms with Gasteiger partial charge in [-0.3, -0.25) is 4.57 Å². The first-order valence-electron chi connectivity index (χ1n) is 5.83. The van der Waals surface area contributed by atoms with E-state index in [1.165, 1.54) is 0 Å². The fourth-order valence-electron chi connectivity index (χ4n) is 1.34. The zero-order chi connectivity index (χ0) is 20.7. The van der Waals surface area contributed by atoms with Gasteiger partial charge in [0.05, 0.1) is 6.16 Å². The van der Waals surface area contributed by atoms with E-state index in [9.17, 15) is 52.5 Å². The van der Waals surface area contributed by atoms with E-state index in [2.05, 4.69) is 0 Å². The lowest BCUT2D eigenvalue weighted by Gasteiger charge is -2.34. The monoisotopic (exact) mass is 435 g/mol. The summed E-state index contributed by atoms with van der Waals surface area (Å²) < 4.78 is 147. The molecule has 0 aromatic rings. The lowest BCUT2D eigenvalue weighted by molar-refractivity contribution is -0.382. The van der Waals surface area contributed by atoms with E-state index in [-0.39, 0.29) is 7.05 Å². The van der Waals surface area contributed by atoms with Gasteiger partial charge < -0.3 is 9.79 Å². The summed E-state index contributed by atoms with van der Waals surface area (Å²) in [4.78, 5) is 16.9. The highest BCUT2D eigenvalue weighted by Crippen LogP contribution is 2.55. The number of sulfonamides is 1. The predicted molar refractivity (Wildman–Crippen MR) is 64.0 cm³/mol. The maximum absolute atomic E-state index is 13.4. The van der Waals surface area contributed by atoms with Crippen molar-refractivity contribution in [3.8, 4) is 0 Å². The molecule has 0 rings (SSSR count). The molecule has 2 N–H and O–H groups in total. The molecule has 0 radical (unpaired) electrons. The Morgan fingerprint density at radius 2 is 1.32 bits per heavy atom. The van der Waals surface area contributed by atoms with Gasteiger partial charge >= 0.3 is 30.9 Å². The number of halogens is 9. The summed E-state index contributed by atoms with van der Waals surface area (Å²) in [6.07, 6.45) is -9.11. The highest BCUT2D eigenvalue weighted by molar-refractivity contribution is 7.90. The summed E-state index contributed by atoms with van der Waals surface area (Å²) in [6, 6.07) is 0. The van der Waals surface area contributed by atoms with Crippen LogP contribution in [0.4, 0.5) is 39.5 Å². The van der Waals surface area contributed by atoms with Gasteiger partial charge in [-0.05, 0) is 6.42 Å². The molecular weight excluding hydrogens is 424 g/mol. The zero-order valence-electron chi connectivity index (χ0n) is 11.9. The summed E-state index contributed by atoms with van der Waals surface area (Å²) in [5.41, 5.74) is 0. The molecule has 0 saturated heterocycles. The van der Waals surface area contributed by atoms with E-state index in [1.54, 1.807) is 0 Å². The maximum Gasteiger partial charge on any atom is 0.460 e. The van der Waals surface area contributed by atoms with Gasteiger partial charge in [0, 0.05) is 13.6 Å². The van der Waals surface area contributed by atoms with Gasteiger partial charge in [0.1, 0.15) is 0 Å². The smallest absolute Gasteiger partial charge is 0.324 e. The second kappa shape index (κ2) is 6.87. The van der Waals surface area contributed by atoms with Gasteiger partial charge in [-0.1, -0.05) is 0 Å². The number of rotatable bonds is 8. The molecule has 17 heteroatoms. The lowest BCUT2D eigenvalue weighted by Crippen LogP contribution is -2.65. The fraction of sp³-hybridized carbons (Fsp3) is 1.00. The Kier molecular flexibility index (Phi) is 6.71. The fourth-order valence-corrected chi connectivity index (χ4v) is 3.10. The van der Waals surface area contributed by atoms with Crippen molar-refractivity contribution >= 4 is 17.6 Å². The summed E-state index contributed by atoms with van der Waals surface area (Å²) in [5.74, 6) is -14.7. The molecule has 0 saturated carbocycles.